The molecule has 2 aliphatic rings. The lowest BCUT2D eigenvalue weighted by molar-refractivity contribution is -0.144. The fourth-order valence-electron chi connectivity index (χ4n) is 5.30. The molecule has 0 spiro atoms. The molecule has 0 aromatic heterocycles. The molecule has 37 heavy (non-hydrogen) atoms. The molecule has 2 heterocycles. The molecule has 0 N–H and O–H groups in total. The lowest BCUT2D eigenvalue weighted by atomic mass is 9.88. The molecular weight excluding hydrogens is 490 g/mol. The maximum Gasteiger partial charge on any atom is 0.225 e. The van der Waals surface area contributed by atoms with Crippen molar-refractivity contribution in [3.05, 3.63) is 65.2 Å². The van der Waals surface area contributed by atoms with Gasteiger partial charge in [-0.1, -0.05) is 48.0 Å². The molecule has 2 aliphatic heterocycles. The van der Waals surface area contributed by atoms with Gasteiger partial charge in [-0.25, -0.2) is 0 Å². The van der Waals surface area contributed by atoms with Crippen molar-refractivity contribution in [1.82, 2.24) is 14.7 Å². The Morgan fingerprint density at radius 1 is 0.973 bits per heavy atom. The third kappa shape index (κ3) is 7.25. The Bertz CT molecular complexity index is 1090. The summed E-state index contributed by atoms with van der Waals surface area (Å²) in [5.74, 6) is 0.655. The van der Waals surface area contributed by atoms with Crippen molar-refractivity contribution in [2.45, 2.75) is 45.3 Å². The van der Waals surface area contributed by atoms with Crippen molar-refractivity contribution in [3.8, 4) is 5.75 Å². The molecule has 0 bridgehead atoms. The number of likely N-dealkylation sites (tertiary alicyclic amines) is 2. The number of hydrogen-bond donors (Lipinski definition) is 0. The van der Waals surface area contributed by atoms with Crippen LogP contribution in [0.1, 0.15) is 38.2 Å². The summed E-state index contributed by atoms with van der Waals surface area (Å²) < 4.78 is 6.32. The van der Waals surface area contributed by atoms with Gasteiger partial charge in [0.15, 0.2) is 0 Å². The van der Waals surface area contributed by atoms with E-state index in [-0.39, 0.29) is 35.7 Å². The molecule has 2 saturated heterocycles. The van der Waals surface area contributed by atoms with Crippen molar-refractivity contribution >= 4 is 29.3 Å². The molecular formula is C29H36ClN3O4. The highest BCUT2D eigenvalue weighted by Gasteiger charge is 2.37. The minimum absolute atomic E-state index is 0.0256. The van der Waals surface area contributed by atoms with Crippen molar-refractivity contribution in [3.63, 3.8) is 0 Å². The van der Waals surface area contributed by atoms with Gasteiger partial charge in [-0.2, -0.15) is 0 Å². The van der Waals surface area contributed by atoms with Crippen molar-refractivity contribution < 1.29 is 19.1 Å². The fourth-order valence-corrected chi connectivity index (χ4v) is 5.48. The highest BCUT2D eigenvalue weighted by atomic mass is 35.5. The number of piperidine rings is 2. The zero-order valence-corrected chi connectivity index (χ0v) is 22.4. The summed E-state index contributed by atoms with van der Waals surface area (Å²) in [4.78, 5) is 43.8. The van der Waals surface area contributed by atoms with Crippen LogP contribution in [-0.2, 0) is 20.9 Å². The van der Waals surface area contributed by atoms with Crippen LogP contribution in [0.5, 0.6) is 5.75 Å². The van der Waals surface area contributed by atoms with Gasteiger partial charge in [-0.05, 0) is 36.6 Å². The van der Waals surface area contributed by atoms with Crippen LogP contribution >= 0.6 is 11.6 Å². The predicted molar refractivity (Wildman–Crippen MR) is 143 cm³/mol. The zero-order valence-electron chi connectivity index (χ0n) is 21.6. The van der Waals surface area contributed by atoms with E-state index < -0.39 is 0 Å². The summed E-state index contributed by atoms with van der Waals surface area (Å²) in [6.45, 7) is 4.40. The van der Waals surface area contributed by atoms with Crippen molar-refractivity contribution in [2.24, 2.45) is 11.8 Å². The first-order chi connectivity index (χ1) is 17.8. The maximum absolute atomic E-state index is 13.4. The summed E-state index contributed by atoms with van der Waals surface area (Å²) in [6, 6.07) is 17.2. The van der Waals surface area contributed by atoms with E-state index in [0.29, 0.717) is 69.2 Å². The molecule has 4 rings (SSSR count). The quantitative estimate of drug-likeness (QED) is 0.542. The van der Waals surface area contributed by atoms with Gasteiger partial charge in [-0.15, -0.1) is 0 Å². The molecule has 3 amide bonds. The van der Waals surface area contributed by atoms with E-state index in [9.17, 15) is 14.4 Å². The van der Waals surface area contributed by atoms with Crippen molar-refractivity contribution in [1.29, 1.82) is 0 Å². The van der Waals surface area contributed by atoms with Crippen LogP contribution in [-0.4, -0.2) is 71.8 Å². The van der Waals surface area contributed by atoms with Crippen LogP contribution in [0, 0.1) is 11.8 Å². The Kier molecular flexibility index (Phi) is 9.09. The van der Waals surface area contributed by atoms with Gasteiger partial charge in [0.2, 0.25) is 17.7 Å². The van der Waals surface area contributed by atoms with Crippen LogP contribution in [0.3, 0.4) is 0 Å². The molecule has 2 aromatic rings. The third-order valence-electron chi connectivity index (χ3n) is 7.47. The number of halogens is 1. The number of nitrogens with zero attached hydrogens (tertiary/aromatic N) is 3. The Morgan fingerprint density at radius 3 is 2.35 bits per heavy atom. The number of hydrogen-bond acceptors (Lipinski definition) is 4. The van der Waals surface area contributed by atoms with Gasteiger partial charge < -0.3 is 19.4 Å². The molecule has 198 valence electrons. The number of ether oxygens (including phenoxy) is 1. The van der Waals surface area contributed by atoms with E-state index in [2.05, 4.69) is 0 Å². The summed E-state index contributed by atoms with van der Waals surface area (Å²) in [5, 5.41) is 0.595. The van der Waals surface area contributed by atoms with Gasteiger partial charge >= 0.3 is 0 Å². The number of rotatable bonds is 7. The Morgan fingerprint density at radius 2 is 1.68 bits per heavy atom. The maximum atomic E-state index is 13.4. The SMILES string of the molecule is CC(=O)N1CCC(C(=O)N2CC[C@H](Oc3cccc(Cl)c3)[C@@H](CC(=O)N(C)Cc3ccccc3)C2)CC1. The first-order valence-electron chi connectivity index (χ1n) is 13.0. The highest BCUT2D eigenvalue weighted by molar-refractivity contribution is 6.30. The van der Waals surface area contributed by atoms with E-state index in [1.54, 1.807) is 28.9 Å². The smallest absolute Gasteiger partial charge is 0.225 e. The van der Waals surface area contributed by atoms with Crippen LogP contribution in [0.15, 0.2) is 54.6 Å². The minimum atomic E-state index is -0.198. The van der Waals surface area contributed by atoms with E-state index in [4.69, 9.17) is 16.3 Å². The first-order valence-corrected chi connectivity index (χ1v) is 13.4. The standard InChI is InChI=1S/C29H36ClN3O4/c1-21(34)32-14-11-23(12-15-32)29(36)33-16-13-27(37-26-10-6-9-25(30)18-26)24(20-33)17-28(35)31(2)19-22-7-4-3-5-8-22/h3-10,18,23-24,27H,11-17,19-20H2,1-2H3/t24-,27-/m0/s1. The van der Waals surface area contributed by atoms with E-state index in [0.717, 1.165) is 5.56 Å². The predicted octanol–water partition coefficient (Wildman–Crippen LogP) is 4.24. The molecule has 2 fully saturated rings. The lowest BCUT2D eigenvalue weighted by Crippen LogP contribution is -2.52. The Balaban J connectivity index is 1.43. The molecule has 0 radical (unpaired) electrons. The third-order valence-corrected chi connectivity index (χ3v) is 7.71. The van der Waals surface area contributed by atoms with Crippen LogP contribution in [0.25, 0.3) is 0 Å². The molecule has 2 atom stereocenters. The first kappa shape index (κ1) is 27.0. The van der Waals surface area contributed by atoms with Crippen molar-refractivity contribution in [2.75, 3.05) is 33.2 Å². The summed E-state index contributed by atoms with van der Waals surface area (Å²) in [7, 11) is 1.82. The fraction of sp³-hybridized carbons (Fsp3) is 0.483. The van der Waals surface area contributed by atoms with Gasteiger partial charge in [0.05, 0.1) is 0 Å². The van der Waals surface area contributed by atoms with Gasteiger partial charge in [0.1, 0.15) is 11.9 Å². The summed E-state index contributed by atoms with van der Waals surface area (Å²) in [6.07, 6.45) is 2.10. The second kappa shape index (κ2) is 12.5. The minimum Gasteiger partial charge on any atom is -0.490 e. The molecule has 0 saturated carbocycles. The highest BCUT2D eigenvalue weighted by Crippen LogP contribution is 2.30. The molecule has 2 aromatic carbocycles. The molecule has 7 nitrogen and oxygen atoms in total. The van der Waals surface area contributed by atoms with E-state index in [1.807, 2.05) is 54.4 Å². The Hall–Kier alpha value is -3.06. The molecule has 8 heteroatoms. The van der Waals surface area contributed by atoms with Gasteiger partial charge in [0.25, 0.3) is 0 Å². The van der Waals surface area contributed by atoms with Crippen LogP contribution in [0.4, 0.5) is 0 Å². The largest absolute Gasteiger partial charge is 0.490 e. The second-order valence-corrected chi connectivity index (χ2v) is 10.6. The van der Waals surface area contributed by atoms with Crippen LogP contribution < -0.4 is 4.74 Å². The normalized spacial score (nSPS) is 20.4. The van der Waals surface area contributed by atoms with E-state index >= 15 is 0 Å². The molecule has 0 unspecified atom stereocenters. The number of benzene rings is 2. The van der Waals surface area contributed by atoms with E-state index in [1.165, 1.54) is 0 Å². The summed E-state index contributed by atoms with van der Waals surface area (Å²) >= 11 is 6.16. The number of carbonyl (C=O) groups excluding carboxylic acids is 3. The second-order valence-electron chi connectivity index (χ2n) is 10.2. The number of amides is 3. The average molecular weight is 526 g/mol. The monoisotopic (exact) mass is 525 g/mol. The number of carbonyl (C=O) groups is 3. The average Bonchev–Trinajstić information content (AvgIpc) is 2.90. The van der Waals surface area contributed by atoms with Gasteiger partial charge in [-0.3, -0.25) is 14.4 Å². The lowest BCUT2D eigenvalue weighted by Gasteiger charge is -2.41. The van der Waals surface area contributed by atoms with Crippen LogP contribution in [0.2, 0.25) is 5.02 Å². The Labute approximate surface area is 224 Å². The summed E-state index contributed by atoms with van der Waals surface area (Å²) in [5.41, 5.74) is 1.07. The molecule has 0 aliphatic carbocycles. The van der Waals surface area contributed by atoms with Gasteiger partial charge in [0, 0.05) is 76.4 Å². The topological polar surface area (TPSA) is 70.2 Å². The zero-order chi connectivity index (χ0) is 26.4.